The average Bonchev–Trinajstić information content (AvgIpc) is 2.37. The molecule has 0 aliphatic carbocycles. The molecule has 20 heavy (non-hydrogen) atoms. The second-order valence-electron chi connectivity index (χ2n) is 4.63. The van der Waals surface area contributed by atoms with E-state index >= 15 is 0 Å². The Bertz CT molecular complexity index is 519. The lowest BCUT2D eigenvalue weighted by molar-refractivity contribution is -0.124. The number of carbonyl (C=O) groups excluding carboxylic acids is 2. The number of hydrogen-bond donors (Lipinski definition) is 2. The number of nitrogen functional groups attached to an aromatic ring is 1. The number of carbonyl (C=O) groups is 2. The molecule has 0 aliphatic rings. The van der Waals surface area contributed by atoms with Crippen LogP contribution in [0.1, 0.15) is 24.2 Å². The molecule has 7 heteroatoms. The normalized spacial score (nSPS) is 10.4. The molecule has 0 aliphatic heterocycles. The van der Waals surface area contributed by atoms with Crippen LogP contribution in [-0.2, 0) is 9.53 Å². The van der Waals surface area contributed by atoms with Gasteiger partial charge in [0.15, 0.2) is 18.2 Å². The molecule has 0 radical (unpaired) electrons. The topological polar surface area (TPSA) is 81.4 Å². The van der Waals surface area contributed by atoms with Crippen LogP contribution in [0.5, 0.6) is 0 Å². The minimum Gasteiger partial charge on any atom is -0.452 e. The molecule has 0 heterocycles. The predicted octanol–water partition coefficient (Wildman–Crippen LogP) is 1.48. The number of amides is 1. The van der Waals surface area contributed by atoms with Crippen molar-refractivity contribution in [3.8, 4) is 0 Å². The smallest absolute Gasteiger partial charge is 0.340 e. The van der Waals surface area contributed by atoms with Gasteiger partial charge in [0.1, 0.15) is 0 Å². The van der Waals surface area contributed by atoms with E-state index in [4.69, 9.17) is 5.73 Å². The van der Waals surface area contributed by atoms with Gasteiger partial charge in [0.25, 0.3) is 5.91 Å². The first-order valence-electron chi connectivity index (χ1n) is 5.99. The van der Waals surface area contributed by atoms with Gasteiger partial charge in [-0.15, -0.1) is 0 Å². The second-order valence-corrected chi connectivity index (χ2v) is 4.63. The van der Waals surface area contributed by atoms with Crippen LogP contribution >= 0.6 is 0 Å². The highest BCUT2D eigenvalue weighted by molar-refractivity contribution is 5.96. The summed E-state index contributed by atoms with van der Waals surface area (Å²) in [6.07, 6.45) is 0. The molecule has 1 rings (SSSR count). The number of rotatable bonds is 5. The highest BCUT2D eigenvalue weighted by Crippen LogP contribution is 2.17. The van der Waals surface area contributed by atoms with Gasteiger partial charge >= 0.3 is 5.97 Å². The summed E-state index contributed by atoms with van der Waals surface area (Å²) in [4.78, 5) is 22.9. The maximum atomic E-state index is 13.0. The predicted molar refractivity (Wildman–Crippen MR) is 68.9 cm³/mol. The van der Waals surface area contributed by atoms with Gasteiger partial charge in [-0.1, -0.05) is 13.8 Å². The lowest BCUT2D eigenvalue weighted by Gasteiger charge is -2.09. The Morgan fingerprint density at radius 2 is 1.90 bits per heavy atom. The Labute approximate surface area is 115 Å². The zero-order valence-corrected chi connectivity index (χ0v) is 11.2. The first kappa shape index (κ1) is 15.9. The van der Waals surface area contributed by atoms with E-state index in [0.717, 1.165) is 0 Å². The number of ether oxygens (including phenoxy) is 1. The molecule has 1 amide bonds. The SMILES string of the molecule is CC(C)CNC(=O)COC(=O)c1cc(F)c(F)cc1N. The van der Waals surface area contributed by atoms with Crippen molar-refractivity contribution in [3.05, 3.63) is 29.3 Å². The molecule has 0 aromatic heterocycles. The van der Waals surface area contributed by atoms with E-state index in [9.17, 15) is 18.4 Å². The van der Waals surface area contributed by atoms with Gasteiger partial charge in [-0.25, -0.2) is 13.6 Å². The molecular weight excluding hydrogens is 270 g/mol. The molecule has 0 fully saturated rings. The van der Waals surface area contributed by atoms with Crippen LogP contribution in [0.15, 0.2) is 12.1 Å². The van der Waals surface area contributed by atoms with Gasteiger partial charge in [-0.2, -0.15) is 0 Å². The molecular formula is C13H16F2N2O3. The van der Waals surface area contributed by atoms with Crippen LogP contribution in [-0.4, -0.2) is 25.0 Å². The van der Waals surface area contributed by atoms with E-state index in [2.05, 4.69) is 10.1 Å². The van der Waals surface area contributed by atoms with Crippen molar-refractivity contribution < 1.29 is 23.1 Å². The molecule has 0 spiro atoms. The fourth-order valence-electron chi connectivity index (χ4n) is 1.32. The zero-order valence-electron chi connectivity index (χ0n) is 11.2. The molecule has 0 saturated heterocycles. The number of hydrogen-bond acceptors (Lipinski definition) is 4. The molecule has 0 atom stereocenters. The fourth-order valence-corrected chi connectivity index (χ4v) is 1.32. The molecule has 0 unspecified atom stereocenters. The lowest BCUT2D eigenvalue weighted by Crippen LogP contribution is -2.31. The van der Waals surface area contributed by atoms with E-state index in [1.807, 2.05) is 13.8 Å². The number of nitrogens with one attached hydrogen (secondary N) is 1. The Kier molecular flexibility index (Phi) is 5.42. The van der Waals surface area contributed by atoms with Crippen molar-refractivity contribution in [1.82, 2.24) is 5.32 Å². The van der Waals surface area contributed by atoms with Gasteiger partial charge in [-0.05, 0) is 12.0 Å². The van der Waals surface area contributed by atoms with Gasteiger partial charge in [0, 0.05) is 18.3 Å². The van der Waals surface area contributed by atoms with E-state index in [1.165, 1.54) is 0 Å². The molecule has 5 nitrogen and oxygen atoms in total. The third kappa shape index (κ3) is 4.49. The van der Waals surface area contributed by atoms with Crippen molar-refractivity contribution >= 4 is 17.6 Å². The fraction of sp³-hybridized carbons (Fsp3) is 0.385. The van der Waals surface area contributed by atoms with E-state index < -0.39 is 30.1 Å². The summed E-state index contributed by atoms with van der Waals surface area (Å²) in [6, 6.07) is 1.32. The lowest BCUT2D eigenvalue weighted by atomic mass is 10.1. The molecule has 0 saturated carbocycles. The summed E-state index contributed by atoms with van der Waals surface area (Å²) >= 11 is 0. The van der Waals surface area contributed by atoms with Crippen molar-refractivity contribution in [2.45, 2.75) is 13.8 Å². The minimum absolute atomic E-state index is 0.253. The third-order valence-electron chi connectivity index (χ3n) is 2.35. The number of benzene rings is 1. The summed E-state index contributed by atoms with van der Waals surface area (Å²) in [5.41, 5.74) is 4.82. The quantitative estimate of drug-likeness (QED) is 0.634. The molecule has 1 aromatic rings. The second kappa shape index (κ2) is 6.83. The Hall–Kier alpha value is -2.18. The van der Waals surface area contributed by atoms with Gasteiger partial charge in [-0.3, -0.25) is 4.79 Å². The monoisotopic (exact) mass is 286 g/mol. The van der Waals surface area contributed by atoms with E-state index in [1.54, 1.807) is 0 Å². The minimum atomic E-state index is -1.21. The standard InChI is InChI=1S/C13H16F2N2O3/c1-7(2)5-17-12(18)6-20-13(19)8-3-9(14)10(15)4-11(8)16/h3-4,7H,5-6,16H2,1-2H3,(H,17,18). The molecule has 1 aromatic carbocycles. The highest BCUT2D eigenvalue weighted by Gasteiger charge is 2.16. The van der Waals surface area contributed by atoms with E-state index in [0.29, 0.717) is 18.7 Å². The Morgan fingerprint density at radius 1 is 1.30 bits per heavy atom. The van der Waals surface area contributed by atoms with Crippen LogP contribution in [0.4, 0.5) is 14.5 Å². The van der Waals surface area contributed by atoms with Crippen LogP contribution < -0.4 is 11.1 Å². The Morgan fingerprint density at radius 3 is 2.50 bits per heavy atom. The first-order valence-corrected chi connectivity index (χ1v) is 5.99. The highest BCUT2D eigenvalue weighted by atomic mass is 19.2. The summed E-state index contributed by atoms with van der Waals surface area (Å²) < 4.78 is 30.5. The summed E-state index contributed by atoms with van der Waals surface area (Å²) in [7, 11) is 0. The van der Waals surface area contributed by atoms with Crippen molar-refractivity contribution in [2.75, 3.05) is 18.9 Å². The summed E-state index contributed by atoms with van der Waals surface area (Å²) in [5.74, 6) is -3.57. The maximum absolute atomic E-state index is 13.0. The number of esters is 1. The zero-order chi connectivity index (χ0) is 15.3. The first-order chi connectivity index (χ1) is 9.31. The summed E-state index contributed by atoms with van der Waals surface area (Å²) in [6.45, 7) is 3.76. The number of anilines is 1. The van der Waals surface area contributed by atoms with Gasteiger partial charge in [0.2, 0.25) is 0 Å². The largest absolute Gasteiger partial charge is 0.452 e. The van der Waals surface area contributed by atoms with Crippen molar-refractivity contribution in [2.24, 2.45) is 5.92 Å². The number of halogens is 2. The van der Waals surface area contributed by atoms with Crippen LogP contribution in [0, 0.1) is 17.6 Å². The molecule has 3 N–H and O–H groups in total. The van der Waals surface area contributed by atoms with Crippen LogP contribution in [0.3, 0.4) is 0 Å². The van der Waals surface area contributed by atoms with Gasteiger partial charge < -0.3 is 15.8 Å². The van der Waals surface area contributed by atoms with Crippen LogP contribution in [0.25, 0.3) is 0 Å². The number of nitrogens with two attached hydrogens (primary N) is 1. The Balaban J connectivity index is 2.59. The summed E-state index contributed by atoms with van der Waals surface area (Å²) in [5, 5.41) is 2.54. The van der Waals surface area contributed by atoms with Crippen molar-refractivity contribution in [3.63, 3.8) is 0 Å². The molecule has 110 valence electrons. The van der Waals surface area contributed by atoms with Gasteiger partial charge in [0.05, 0.1) is 5.56 Å². The van der Waals surface area contributed by atoms with E-state index in [-0.39, 0.29) is 17.2 Å². The maximum Gasteiger partial charge on any atom is 0.340 e. The van der Waals surface area contributed by atoms with Crippen LogP contribution in [0.2, 0.25) is 0 Å². The third-order valence-corrected chi connectivity index (χ3v) is 2.35. The molecule has 0 bridgehead atoms. The average molecular weight is 286 g/mol. The van der Waals surface area contributed by atoms with Crippen molar-refractivity contribution in [1.29, 1.82) is 0 Å².